The zero-order valence-electron chi connectivity index (χ0n) is 13.3. The maximum absolute atomic E-state index is 3.46. The molecule has 0 bridgehead atoms. The van der Waals surface area contributed by atoms with Crippen LogP contribution in [0.2, 0.25) is 0 Å². The summed E-state index contributed by atoms with van der Waals surface area (Å²) < 4.78 is 0. The van der Waals surface area contributed by atoms with Crippen molar-refractivity contribution in [2.24, 2.45) is 11.8 Å². The third kappa shape index (κ3) is 4.60. The molecule has 1 unspecified atom stereocenters. The van der Waals surface area contributed by atoms with Gasteiger partial charge in [0, 0.05) is 12.6 Å². The van der Waals surface area contributed by atoms with Crippen LogP contribution < -0.4 is 5.32 Å². The van der Waals surface area contributed by atoms with Crippen LogP contribution in [-0.4, -0.2) is 31.6 Å². The molecule has 0 amide bonds. The fourth-order valence-corrected chi connectivity index (χ4v) is 3.29. The topological polar surface area (TPSA) is 15.3 Å². The quantitative estimate of drug-likeness (QED) is 0.851. The molecular formula is C18H30N2. The molecule has 0 saturated carbocycles. The Labute approximate surface area is 124 Å². The van der Waals surface area contributed by atoms with Crippen LogP contribution in [0.25, 0.3) is 0 Å². The van der Waals surface area contributed by atoms with Crippen molar-refractivity contribution in [2.45, 2.75) is 39.2 Å². The van der Waals surface area contributed by atoms with E-state index >= 15 is 0 Å². The minimum Gasteiger partial charge on any atom is -0.317 e. The summed E-state index contributed by atoms with van der Waals surface area (Å²) in [6, 6.07) is 11.6. The van der Waals surface area contributed by atoms with Crippen molar-refractivity contribution >= 4 is 0 Å². The summed E-state index contributed by atoms with van der Waals surface area (Å²) in [7, 11) is 2.31. The van der Waals surface area contributed by atoms with Crippen LogP contribution in [0.4, 0.5) is 0 Å². The lowest BCUT2D eigenvalue weighted by molar-refractivity contribution is 0.168. The first-order valence-electron chi connectivity index (χ1n) is 8.12. The number of nitrogens with one attached hydrogen (secondary N) is 1. The predicted octanol–water partition coefficient (Wildman–Crippen LogP) is 3.71. The molecule has 1 aromatic carbocycles. The van der Waals surface area contributed by atoms with Gasteiger partial charge in [-0.15, -0.1) is 0 Å². The molecule has 1 aromatic rings. The van der Waals surface area contributed by atoms with Crippen molar-refractivity contribution in [3.8, 4) is 0 Å². The van der Waals surface area contributed by atoms with Crippen molar-refractivity contribution in [3.63, 3.8) is 0 Å². The van der Waals surface area contributed by atoms with Gasteiger partial charge in [0.2, 0.25) is 0 Å². The molecule has 0 spiro atoms. The van der Waals surface area contributed by atoms with Gasteiger partial charge in [0.25, 0.3) is 0 Å². The van der Waals surface area contributed by atoms with E-state index in [9.17, 15) is 0 Å². The van der Waals surface area contributed by atoms with Crippen LogP contribution in [-0.2, 0) is 0 Å². The van der Waals surface area contributed by atoms with Gasteiger partial charge >= 0.3 is 0 Å². The lowest BCUT2D eigenvalue weighted by Crippen LogP contribution is -2.36. The highest BCUT2D eigenvalue weighted by molar-refractivity contribution is 5.19. The highest BCUT2D eigenvalue weighted by Gasteiger charge is 2.22. The maximum atomic E-state index is 3.46. The second kappa shape index (κ2) is 7.80. The minimum absolute atomic E-state index is 0.561. The second-order valence-corrected chi connectivity index (χ2v) is 6.69. The number of nitrogens with zero attached hydrogens (tertiary/aromatic N) is 1. The van der Waals surface area contributed by atoms with E-state index in [1.165, 1.54) is 44.5 Å². The van der Waals surface area contributed by atoms with Gasteiger partial charge in [0.05, 0.1) is 0 Å². The van der Waals surface area contributed by atoms with E-state index in [2.05, 4.69) is 61.4 Å². The largest absolute Gasteiger partial charge is 0.317 e. The van der Waals surface area contributed by atoms with Gasteiger partial charge in [0.1, 0.15) is 0 Å². The summed E-state index contributed by atoms with van der Waals surface area (Å²) in [5.74, 6) is 1.59. The molecule has 20 heavy (non-hydrogen) atoms. The molecule has 1 heterocycles. The van der Waals surface area contributed by atoms with Gasteiger partial charge in [-0.05, 0) is 56.8 Å². The molecule has 1 aliphatic heterocycles. The van der Waals surface area contributed by atoms with Gasteiger partial charge in [-0.3, -0.25) is 4.90 Å². The van der Waals surface area contributed by atoms with Crippen LogP contribution in [0.5, 0.6) is 0 Å². The number of hydrogen-bond acceptors (Lipinski definition) is 2. The van der Waals surface area contributed by atoms with E-state index in [1.807, 2.05) is 0 Å². The Hall–Kier alpha value is -0.860. The average molecular weight is 274 g/mol. The summed E-state index contributed by atoms with van der Waals surface area (Å²) in [5, 5.41) is 3.46. The minimum atomic E-state index is 0.561. The second-order valence-electron chi connectivity index (χ2n) is 6.69. The molecule has 0 radical (unpaired) electrons. The molecule has 2 rings (SSSR count). The molecule has 1 N–H and O–H groups in total. The van der Waals surface area contributed by atoms with Crippen LogP contribution in [0.3, 0.4) is 0 Å². The van der Waals surface area contributed by atoms with E-state index in [4.69, 9.17) is 0 Å². The molecule has 1 saturated heterocycles. The Morgan fingerprint density at radius 3 is 2.40 bits per heavy atom. The molecule has 0 aliphatic carbocycles. The van der Waals surface area contributed by atoms with Crippen molar-refractivity contribution in [1.82, 2.24) is 10.2 Å². The van der Waals surface area contributed by atoms with Crippen LogP contribution in [0.1, 0.15) is 44.7 Å². The Balaban J connectivity index is 2.01. The molecular weight excluding hydrogens is 244 g/mol. The molecule has 1 aliphatic rings. The normalized spacial score (nSPS) is 18.6. The standard InChI is InChI=1S/C18H30N2/c1-15(2)13-18(17-7-5-4-6-8-17)20(3)14-16-9-11-19-12-10-16/h4-8,15-16,18-19H,9-14H2,1-3H3. The van der Waals surface area contributed by atoms with Gasteiger partial charge in [-0.1, -0.05) is 44.2 Å². The number of benzene rings is 1. The third-order valence-corrected chi connectivity index (χ3v) is 4.42. The van der Waals surface area contributed by atoms with E-state index in [1.54, 1.807) is 0 Å². The molecule has 112 valence electrons. The van der Waals surface area contributed by atoms with E-state index in [0.29, 0.717) is 6.04 Å². The molecule has 2 heteroatoms. The summed E-state index contributed by atoms with van der Waals surface area (Å²) in [6.45, 7) is 8.27. The smallest absolute Gasteiger partial charge is 0.0347 e. The molecule has 1 atom stereocenters. The summed E-state index contributed by atoms with van der Waals surface area (Å²) in [5.41, 5.74) is 1.47. The van der Waals surface area contributed by atoms with Gasteiger partial charge in [-0.2, -0.15) is 0 Å². The fourth-order valence-electron chi connectivity index (χ4n) is 3.29. The van der Waals surface area contributed by atoms with Crippen LogP contribution >= 0.6 is 0 Å². The van der Waals surface area contributed by atoms with E-state index in [-0.39, 0.29) is 0 Å². The van der Waals surface area contributed by atoms with Crippen molar-refractivity contribution in [2.75, 3.05) is 26.7 Å². The summed E-state index contributed by atoms with van der Waals surface area (Å²) in [6.07, 6.45) is 3.90. The maximum Gasteiger partial charge on any atom is 0.0347 e. The lowest BCUT2D eigenvalue weighted by atomic mass is 9.93. The zero-order chi connectivity index (χ0) is 14.4. The first kappa shape index (κ1) is 15.5. The first-order chi connectivity index (χ1) is 9.66. The number of rotatable bonds is 6. The Morgan fingerprint density at radius 2 is 1.80 bits per heavy atom. The highest BCUT2D eigenvalue weighted by atomic mass is 15.1. The molecule has 0 aromatic heterocycles. The SMILES string of the molecule is CC(C)CC(c1ccccc1)N(C)CC1CCNCC1. The van der Waals surface area contributed by atoms with Gasteiger partial charge < -0.3 is 5.32 Å². The predicted molar refractivity (Wildman–Crippen MR) is 86.9 cm³/mol. The monoisotopic (exact) mass is 274 g/mol. The van der Waals surface area contributed by atoms with E-state index in [0.717, 1.165) is 11.8 Å². The lowest BCUT2D eigenvalue weighted by Gasteiger charge is -2.34. The van der Waals surface area contributed by atoms with Crippen LogP contribution in [0.15, 0.2) is 30.3 Å². The number of piperidine rings is 1. The number of hydrogen-bond donors (Lipinski definition) is 1. The van der Waals surface area contributed by atoms with E-state index < -0.39 is 0 Å². The molecule has 2 nitrogen and oxygen atoms in total. The Morgan fingerprint density at radius 1 is 1.15 bits per heavy atom. The molecule has 1 fully saturated rings. The van der Waals surface area contributed by atoms with Crippen molar-refractivity contribution in [1.29, 1.82) is 0 Å². The third-order valence-electron chi connectivity index (χ3n) is 4.42. The van der Waals surface area contributed by atoms with Gasteiger partial charge in [-0.25, -0.2) is 0 Å². The summed E-state index contributed by atoms with van der Waals surface area (Å²) >= 11 is 0. The zero-order valence-corrected chi connectivity index (χ0v) is 13.3. The summed E-state index contributed by atoms with van der Waals surface area (Å²) in [4.78, 5) is 2.59. The van der Waals surface area contributed by atoms with Crippen molar-refractivity contribution < 1.29 is 0 Å². The van der Waals surface area contributed by atoms with Crippen LogP contribution in [0, 0.1) is 11.8 Å². The average Bonchev–Trinajstić information content (AvgIpc) is 2.46. The van der Waals surface area contributed by atoms with Gasteiger partial charge in [0.15, 0.2) is 0 Å². The highest BCUT2D eigenvalue weighted by Crippen LogP contribution is 2.28. The Kier molecular flexibility index (Phi) is 6.06. The first-order valence-corrected chi connectivity index (χ1v) is 8.12. The van der Waals surface area contributed by atoms with Crippen molar-refractivity contribution in [3.05, 3.63) is 35.9 Å². The fraction of sp³-hybridized carbons (Fsp3) is 0.667. The Bertz CT molecular complexity index is 368.